The van der Waals surface area contributed by atoms with Gasteiger partial charge in [-0.05, 0) is 51.1 Å². The summed E-state index contributed by atoms with van der Waals surface area (Å²) in [6.07, 6.45) is 2.22. The topological polar surface area (TPSA) is 149 Å². The summed E-state index contributed by atoms with van der Waals surface area (Å²) < 4.78 is 14.6. The fraction of sp³-hybridized carbons (Fsp3) is 0.382. The van der Waals surface area contributed by atoms with E-state index in [9.17, 15) is 14.7 Å². The molecule has 5 rings (SSSR count). The van der Waals surface area contributed by atoms with Crippen LogP contribution in [-0.2, 0) is 39.3 Å². The summed E-state index contributed by atoms with van der Waals surface area (Å²) in [7, 11) is 1.81. The van der Waals surface area contributed by atoms with Crippen LogP contribution in [0.25, 0.3) is 11.1 Å². The molecule has 0 aliphatic carbocycles. The number of aliphatic carboxylic acids is 1. The van der Waals surface area contributed by atoms with E-state index in [1.54, 1.807) is 4.68 Å². The number of ether oxygens (including phenoxy) is 2. The van der Waals surface area contributed by atoms with E-state index in [0.717, 1.165) is 33.4 Å². The number of carbonyl (C=O) groups is 2. The highest BCUT2D eigenvalue weighted by molar-refractivity contribution is 7.99. The lowest BCUT2D eigenvalue weighted by Crippen LogP contribution is -2.31. The molecule has 3 unspecified atom stereocenters. The van der Waals surface area contributed by atoms with Crippen LogP contribution in [0.15, 0.2) is 78.0 Å². The number of aliphatic hydroxyl groups excluding tert-OH is 1. The molecule has 242 valence electrons. The molecule has 4 aromatic rings. The summed E-state index contributed by atoms with van der Waals surface area (Å²) in [5, 5.41) is 33.7. The summed E-state index contributed by atoms with van der Waals surface area (Å²) >= 11 is 1.54. The van der Waals surface area contributed by atoms with Crippen LogP contribution >= 0.6 is 11.8 Å². The Morgan fingerprint density at radius 1 is 0.957 bits per heavy atom. The van der Waals surface area contributed by atoms with E-state index in [-0.39, 0.29) is 31.1 Å². The number of rotatable bonds is 15. The average Bonchev–Trinajstić information content (AvgIpc) is 3.50. The van der Waals surface area contributed by atoms with Gasteiger partial charge in [-0.2, -0.15) is 0 Å². The van der Waals surface area contributed by atoms with Gasteiger partial charge >= 0.3 is 5.97 Å². The van der Waals surface area contributed by atoms with Gasteiger partial charge < -0.3 is 25.0 Å². The first-order valence-corrected chi connectivity index (χ1v) is 16.4. The zero-order valence-electron chi connectivity index (χ0n) is 25.7. The Balaban J connectivity index is 1.25. The minimum Gasteiger partial charge on any atom is -0.481 e. The number of carbonyl (C=O) groups excluding carboxylic acids is 1. The molecule has 0 radical (unpaired) electrons. The molecular formula is C34H39N5O6S. The molecular weight excluding hydrogens is 606 g/mol. The number of carboxylic acids is 1. The second-order valence-electron chi connectivity index (χ2n) is 11.3. The largest absolute Gasteiger partial charge is 0.481 e. The highest BCUT2D eigenvalue weighted by Crippen LogP contribution is 2.39. The fourth-order valence-electron chi connectivity index (χ4n) is 5.33. The van der Waals surface area contributed by atoms with Gasteiger partial charge in [0.2, 0.25) is 11.1 Å². The van der Waals surface area contributed by atoms with Crippen LogP contribution < -0.4 is 5.32 Å². The van der Waals surface area contributed by atoms with Gasteiger partial charge in [-0.3, -0.25) is 9.59 Å². The van der Waals surface area contributed by atoms with Crippen molar-refractivity contribution in [2.24, 2.45) is 7.05 Å². The predicted octanol–water partition coefficient (Wildman–Crippen LogP) is 5.36. The van der Waals surface area contributed by atoms with Gasteiger partial charge in [0.25, 0.3) is 0 Å². The summed E-state index contributed by atoms with van der Waals surface area (Å²) in [6.45, 7) is 0.387. The first kappa shape index (κ1) is 33.3. The first-order valence-electron chi connectivity index (χ1n) is 15.4. The Hall–Kier alpha value is -4.10. The van der Waals surface area contributed by atoms with Crippen molar-refractivity contribution >= 4 is 23.6 Å². The predicted molar refractivity (Wildman–Crippen MR) is 172 cm³/mol. The summed E-state index contributed by atoms with van der Waals surface area (Å²) in [4.78, 5) is 23.1. The molecule has 1 aliphatic rings. The molecule has 0 saturated carbocycles. The van der Waals surface area contributed by atoms with Crippen LogP contribution in [0.5, 0.6) is 0 Å². The number of tetrazole rings is 1. The third-order valence-electron chi connectivity index (χ3n) is 7.88. The number of aliphatic hydroxyl groups is 1. The van der Waals surface area contributed by atoms with Crippen molar-refractivity contribution in [1.29, 1.82) is 0 Å². The normalized spacial score (nSPS) is 17.9. The maximum atomic E-state index is 12.4. The van der Waals surface area contributed by atoms with E-state index in [1.165, 1.54) is 11.8 Å². The van der Waals surface area contributed by atoms with Crippen LogP contribution in [-0.4, -0.2) is 54.2 Å². The van der Waals surface area contributed by atoms with Gasteiger partial charge in [-0.1, -0.05) is 91.0 Å². The van der Waals surface area contributed by atoms with Crippen LogP contribution in [0.3, 0.4) is 0 Å². The highest BCUT2D eigenvalue weighted by Gasteiger charge is 2.32. The lowest BCUT2D eigenvalue weighted by molar-refractivity contribution is -0.245. The number of benzene rings is 3. The van der Waals surface area contributed by atoms with Gasteiger partial charge in [0.05, 0.1) is 18.8 Å². The Labute approximate surface area is 272 Å². The lowest BCUT2D eigenvalue weighted by Gasteiger charge is -2.36. The van der Waals surface area contributed by atoms with Crippen LogP contribution in [0, 0.1) is 0 Å². The average molecular weight is 646 g/mol. The van der Waals surface area contributed by atoms with Crippen LogP contribution in [0.4, 0.5) is 0 Å². The van der Waals surface area contributed by atoms with E-state index in [4.69, 9.17) is 14.6 Å². The third kappa shape index (κ3) is 9.23. The molecule has 1 fully saturated rings. The van der Waals surface area contributed by atoms with Crippen molar-refractivity contribution in [1.82, 2.24) is 25.5 Å². The molecule has 3 N–H and O–H groups in total. The molecule has 1 saturated heterocycles. The minimum atomic E-state index is -0.807. The van der Waals surface area contributed by atoms with Crippen LogP contribution in [0.1, 0.15) is 73.2 Å². The molecule has 3 atom stereocenters. The second-order valence-corrected chi connectivity index (χ2v) is 12.2. The van der Waals surface area contributed by atoms with Crippen molar-refractivity contribution in [2.45, 2.75) is 75.3 Å². The molecule has 2 heterocycles. The standard InChI is InChI=1S/C34H39N5O6S/c1-39-34(36-37-38-39)46-22-28-19-30(25-13-11-23(21-40)12-14-25)45-33(44-28)26-17-15-24(16-18-26)29-8-6-5-7-27(29)20-35-31(41)9-3-2-4-10-32(42)43/h5-8,11-18,28,30,33,40H,2-4,9-10,19-22H2,1H3,(H,35,41)(H,42,43). The summed E-state index contributed by atoms with van der Waals surface area (Å²) in [5.41, 5.74) is 5.79. The lowest BCUT2D eigenvalue weighted by atomic mass is 9.97. The smallest absolute Gasteiger partial charge is 0.303 e. The van der Waals surface area contributed by atoms with E-state index in [1.807, 2.05) is 79.8 Å². The fourth-order valence-corrected chi connectivity index (χ4v) is 6.20. The second kappa shape index (κ2) is 16.5. The first-order chi connectivity index (χ1) is 22.4. The van der Waals surface area contributed by atoms with Crippen molar-refractivity contribution in [3.05, 3.63) is 95.1 Å². The number of aryl methyl sites for hydroxylation is 1. The molecule has 3 aromatic carbocycles. The Morgan fingerprint density at radius 2 is 1.70 bits per heavy atom. The summed E-state index contributed by atoms with van der Waals surface area (Å²) in [5.74, 6) is -0.201. The zero-order chi connectivity index (χ0) is 32.3. The van der Waals surface area contributed by atoms with Gasteiger partial charge in [0.1, 0.15) is 0 Å². The number of nitrogens with one attached hydrogen (secondary N) is 1. The van der Waals surface area contributed by atoms with E-state index in [0.29, 0.717) is 49.6 Å². The van der Waals surface area contributed by atoms with E-state index in [2.05, 4.69) is 20.8 Å². The van der Waals surface area contributed by atoms with Crippen LogP contribution in [0.2, 0.25) is 0 Å². The molecule has 1 amide bonds. The van der Waals surface area contributed by atoms with Gasteiger partial charge in [-0.25, -0.2) is 4.68 Å². The molecule has 12 heteroatoms. The molecule has 0 spiro atoms. The number of thioether (sulfide) groups is 1. The molecule has 11 nitrogen and oxygen atoms in total. The molecule has 1 aliphatic heterocycles. The maximum Gasteiger partial charge on any atom is 0.303 e. The Morgan fingerprint density at radius 3 is 2.41 bits per heavy atom. The molecule has 0 bridgehead atoms. The van der Waals surface area contributed by atoms with Crippen molar-refractivity contribution in [2.75, 3.05) is 5.75 Å². The number of carboxylic acid groups (broad SMARTS) is 1. The number of unbranched alkanes of at least 4 members (excludes halogenated alkanes) is 2. The number of amides is 1. The SMILES string of the molecule is Cn1nnnc1SCC1CC(c2ccc(CO)cc2)OC(c2ccc(-c3ccccc3CNC(=O)CCCCCC(=O)O)cc2)O1. The van der Waals surface area contributed by atoms with Gasteiger partial charge in [0, 0.05) is 44.2 Å². The third-order valence-corrected chi connectivity index (χ3v) is 9.02. The van der Waals surface area contributed by atoms with Crippen molar-refractivity contribution < 1.29 is 29.3 Å². The van der Waals surface area contributed by atoms with Gasteiger partial charge in [0.15, 0.2) is 6.29 Å². The molecule has 46 heavy (non-hydrogen) atoms. The number of aromatic nitrogens is 4. The Bertz CT molecular complexity index is 1580. The monoisotopic (exact) mass is 645 g/mol. The quantitative estimate of drug-likeness (QED) is 0.114. The molecule has 1 aromatic heterocycles. The highest BCUT2D eigenvalue weighted by atomic mass is 32.2. The van der Waals surface area contributed by atoms with Gasteiger partial charge in [-0.15, -0.1) is 5.10 Å². The maximum absolute atomic E-state index is 12.4. The number of nitrogens with zero attached hydrogens (tertiary/aromatic N) is 4. The van der Waals surface area contributed by atoms with E-state index < -0.39 is 12.3 Å². The zero-order valence-corrected chi connectivity index (χ0v) is 26.6. The van der Waals surface area contributed by atoms with Crippen molar-refractivity contribution in [3.8, 4) is 11.1 Å². The van der Waals surface area contributed by atoms with E-state index >= 15 is 0 Å². The number of hydrogen-bond acceptors (Lipinski definition) is 9. The minimum absolute atomic E-state index is 0.0133. The Kier molecular flexibility index (Phi) is 11.9. The van der Waals surface area contributed by atoms with Crippen molar-refractivity contribution in [3.63, 3.8) is 0 Å². The summed E-state index contributed by atoms with van der Waals surface area (Å²) in [6, 6.07) is 23.9. The number of hydrogen-bond donors (Lipinski definition) is 3.